The van der Waals surface area contributed by atoms with Crippen LogP contribution in [0.15, 0.2) is 65.6 Å². The Labute approximate surface area is 186 Å². The van der Waals surface area contributed by atoms with Gasteiger partial charge in [-0.1, -0.05) is 42.5 Å². The number of hydrogen-bond donors (Lipinski definition) is 2. The predicted molar refractivity (Wildman–Crippen MR) is 121 cm³/mol. The number of benzene rings is 3. The average molecular weight is 453 g/mol. The number of phenols is 1. The molecule has 0 aromatic heterocycles. The molecule has 0 radical (unpaired) electrons. The summed E-state index contributed by atoms with van der Waals surface area (Å²) in [6.45, 7) is 0.662. The summed E-state index contributed by atoms with van der Waals surface area (Å²) >= 11 is 0. The van der Waals surface area contributed by atoms with E-state index < -0.39 is 15.9 Å². The fraction of sp³-hybridized carbons (Fsp3) is 0.250. The van der Waals surface area contributed by atoms with Crippen LogP contribution in [0.5, 0.6) is 5.75 Å². The summed E-state index contributed by atoms with van der Waals surface area (Å²) in [4.78, 5) is 27.7. The molecule has 0 bridgehead atoms. The summed E-state index contributed by atoms with van der Waals surface area (Å²) in [5, 5.41) is 14.9. The molecule has 1 heterocycles. The number of phenolic OH excluding ortho intramolecular Hbond substituents is 1. The number of sulfone groups is 1. The number of carbonyl (C=O) groups is 2. The Balaban J connectivity index is 1.47. The Kier molecular flexibility index (Phi) is 5.88. The topological polar surface area (TPSA) is 104 Å². The van der Waals surface area contributed by atoms with Crippen molar-refractivity contribution in [2.45, 2.75) is 30.3 Å². The highest BCUT2D eigenvalue weighted by molar-refractivity contribution is 7.90. The van der Waals surface area contributed by atoms with E-state index in [1.807, 2.05) is 12.1 Å². The molecule has 32 heavy (non-hydrogen) atoms. The van der Waals surface area contributed by atoms with Crippen LogP contribution in [-0.4, -0.2) is 49.1 Å². The maximum Gasteiger partial charge on any atom is 0.258 e. The molecule has 1 saturated heterocycles. The largest absolute Gasteiger partial charge is 0.506 e. The van der Waals surface area contributed by atoms with Crippen molar-refractivity contribution < 1.29 is 23.1 Å². The Hall–Kier alpha value is -3.39. The zero-order valence-corrected chi connectivity index (χ0v) is 18.4. The second-order valence-corrected chi connectivity index (χ2v) is 9.99. The Bertz CT molecular complexity index is 1290. The maximum atomic E-state index is 13.2. The minimum absolute atomic E-state index is 0.0786. The van der Waals surface area contributed by atoms with Gasteiger partial charge in [0.25, 0.3) is 5.91 Å². The number of carbonyl (C=O) groups excluding carboxylic acids is 2. The smallest absolute Gasteiger partial charge is 0.258 e. The van der Waals surface area contributed by atoms with Crippen LogP contribution in [0, 0.1) is 0 Å². The summed E-state index contributed by atoms with van der Waals surface area (Å²) in [5.74, 6) is -0.725. The summed E-state index contributed by atoms with van der Waals surface area (Å²) in [6, 6.07) is 16.3. The van der Waals surface area contributed by atoms with Crippen molar-refractivity contribution in [1.82, 2.24) is 10.2 Å². The van der Waals surface area contributed by atoms with E-state index in [0.29, 0.717) is 24.8 Å². The highest BCUT2D eigenvalue weighted by Gasteiger charge is 2.35. The van der Waals surface area contributed by atoms with E-state index in [0.717, 1.165) is 17.2 Å². The van der Waals surface area contributed by atoms with Gasteiger partial charge in [-0.05, 0) is 42.0 Å². The summed E-state index contributed by atoms with van der Waals surface area (Å²) in [6.07, 6.45) is 2.38. The molecule has 1 fully saturated rings. The van der Waals surface area contributed by atoms with Gasteiger partial charge in [-0.3, -0.25) is 9.59 Å². The van der Waals surface area contributed by atoms with Crippen LogP contribution in [0.3, 0.4) is 0 Å². The van der Waals surface area contributed by atoms with Crippen LogP contribution < -0.4 is 5.32 Å². The van der Waals surface area contributed by atoms with E-state index in [-0.39, 0.29) is 34.6 Å². The number of aromatic hydroxyl groups is 1. The highest BCUT2D eigenvalue weighted by Crippen LogP contribution is 2.31. The molecular formula is C24H24N2O5S. The molecule has 1 unspecified atom stereocenters. The van der Waals surface area contributed by atoms with Gasteiger partial charge < -0.3 is 15.3 Å². The first-order chi connectivity index (χ1) is 15.3. The van der Waals surface area contributed by atoms with Crippen LogP contribution in [0.2, 0.25) is 0 Å². The number of nitrogens with zero attached hydrogens (tertiary/aromatic N) is 1. The lowest BCUT2D eigenvalue weighted by atomic mass is 10.0. The van der Waals surface area contributed by atoms with Crippen molar-refractivity contribution in [1.29, 1.82) is 0 Å². The van der Waals surface area contributed by atoms with Crippen LogP contribution in [-0.2, 0) is 21.2 Å². The van der Waals surface area contributed by atoms with Crippen molar-refractivity contribution in [2.75, 3.05) is 12.8 Å². The molecule has 0 aliphatic carbocycles. The molecule has 2 N–H and O–H groups in total. The number of rotatable bonds is 5. The van der Waals surface area contributed by atoms with Crippen molar-refractivity contribution in [3.63, 3.8) is 0 Å². The van der Waals surface area contributed by atoms with Crippen LogP contribution in [0.25, 0.3) is 10.8 Å². The molecule has 1 aliphatic heterocycles. The Morgan fingerprint density at radius 1 is 1.06 bits per heavy atom. The average Bonchev–Trinajstić information content (AvgIpc) is 3.27. The molecule has 0 spiro atoms. The van der Waals surface area contributed by atoms with E-state index in [4.69, 9.17) is 0 Å². The van der Waals surface area contributed by atoms with E-state index in [1.165, 1.54) is 17.0 Å². The second-order valence-electron chi connectivity index (χ2n) is 7.97. The normalized spacial score (nSPS) is 16.3. The number of hydrogen-bond acceptors (Lipinski definition) is 5. The molecule has 3 aromatic carbocycles. The molecule has 2 amide bonds. The minimum atomic E-state index is -3.28. The zero-order valence-electron chi connectivity index (χ0n) is 17.6. The van der Waals surface area contributed by atoms with E-state index in [9.17, 15) is 23.1 Å². The van der Waals surface area contributed by atoms with Crippen molar-refractivity contribution in [3.8, 4) is 5.75 Å². The lowest BCUT2D eigenvalue weighted by Crippen LogP contribution is -2.45. The molecule has 8 heteroatoms. The van der Waals surface area contributed by atoms with Crippen molar-refractivity contribution >= 4 is 32.4 Å². The van der Waals surface area contributed by atoms with Crippen LogP contribution >= 0.6 is 0 Å². The highest BCUT2D eigenvalue weighted by atomic mass is 32.2. The van der Waals surface area contributed by atoms with Gasteiger partial charge in [-0.2, -0.15) is 0 Å². The van der Waals surface area contributed by atoms with E-state index >= 15 is 0 Å². The van der Waals surface area contributed by atoms with E-state index in [2.05, 4.69) is 5.32 Å². The molecule has 166 valence electrons. The zero-order chi connectivity index (χ0) is 22.9. The third kappa shape index (κ3) is 4.31. The first-order valence-corrected chi connectivity index (χ1v) is 12.2. The third-order valence-corrected chi connectivity index (χ3v) is 6.89. The number of nitrogens with one attached hydrogen (secondary N) is 1. The van der Waals surface area contributed by atoms with Crippen molar-refractivity contribution in [3.05, 3.63) is 71.8 Å². The monoisotopic (exact) mass is 452 g/mol. The quantitative estimate of drug-likeness (QED) is 0.620. The molecular weight excluding hydrogens is 428 g/mol. The molecule has 4 rings (SSSR count). The Morgan fingerprint density at radius 3 is 2.50 bits per heavy atom. The lowest BCUT2D eigenvalue weighted by Gasteiger charge is -2.24. The molecule has 1 atom stereocenters. The van der Waals surface area contributed by atoms with Gasteiger partial charge in [0.1, 0.15) is 11.8 Å². The SMILES string of the molecule is CS(=O)(=O)c1ccc(CNC(=O)C2CCCN2C(=O)c2ccc3ccccc3c2O)cc1. The molecule has 0 saturated carbocycles. The summed E-state index contributed by atoms with van der Waals surface area (Å²) < 4.78 is 23.1. The predicted octanol–water partition coefficient (Wildman–Crippen LogP) is 2.87. The summed E-state index contributed by atoms with van der Waals surface area (Å²) in [7, 11) is -3.28. The Morgan fingerprint density at radius 2 is 1.78 bits per heavy atom. The lowest BCUT2D eigenvalue weighted by molar-refractivity contribution is -0.125. The second kappa shape index (κ2) is 8.63. The molecule has 1 aliphatic rings. The number of amides is 2. The first-order valence-electron chi connectivity index (χ1n) is 10.3. The molecule has 3 aromatic rings. The molecule has 7 nitrogen and oxygen atoms in total. The third-order valence-electron chi connectivity index (χ3n) is 5.77. The van der Waals surface area contributed by atoms with Gasteiger partial charge in [-0.25, -0.2) is 8.42 Å². The van der Waals surface area contributed by atoms with Crippen molar-refractivity contribution in [2.24, 2.45) is 0 Å². The van der Waals surface area contributed by atoms with Gasteiger partial charge in [-0.15, -0.1) is 0 Å². The number of likely N-dealkylation sites (tertiary alicyclic amines) is 1. The first kappa shape index (κ1) is 21.8. The fourth-order valence-electron chi connectivity index (χ4n) is 4.03. The standard InChI is InChI=1S/C24H24N2O5S/c1-32(30,31)18-11-8-16(9-12-18)15-25-23(28)21-7-4-14-26(21)24(29)20-13-10-17-5-2-3-6-19(17)22(20)27/h2-3,5-6,8-13,21,27H,4,7,14-15H2,1H3,(H,25,28). The summed E-state index contributed by atoms with van der Waals surface area (Å²) in [5.41, 5.74) is 0.938. The van der Waals surface area contributed by atoms with Gasteiger partial charge in [0.05, 0.1) is 10.5 Å². The van der Waals surface area contributed by atoms with Gasteiger partial charge in [0.15, 0.2) is 9.84 Å². The van der Waals surface area contributed by atoms with Gasteiger partial charge in [0, 0.05) is 24.7 Å². The van der Waals surface area contributed by atoms with Gasteiger partial charge >= 0.3 is 0 Å². The number of fused-ring (bicyclic) bond motifs is 1. The van der Waals surface area contributed by atoms with Crippen LogP contribution in [0.4, 0.5) is 0 Å². The van der Waals surface area contributed by atoms with Crippen LogP contribution in [0.1, 0.15) is 28.8 Å². The fourth-order valence-corrected chi connectivity index (χ4v) is 4.66. The van der Waals surface area contributed by atoms with E-state index in [1.54, 1.807) is 36.4 Å². The minimum Gasteiger partial charge on any atom is -0.506 e. The maximum absolute atomic E-state index is 13.2. The van der Waals surface area contributed by atoms with Gasteiger partial charge in [0.2, 0.25) is 5.91 Å².